The molecule has 0 heterocycles. The molecule has 0 rings (SSSR count). The Morgan fingerprint density at radius 2 is 1.38 bits per heavy atom. The molecule has 0 fully saturated rings. The fourth-order valence-corrected chi connectivity index (χ4v) is 2.80. The van der Waals surface area contributed by atoms with Crippen LogP contribution >= 0.6 is 12.4 Å². The third-order valence-electron chi connectivity index (χ3n) is 4.26. The van der Waals surface area contributed by atoms with Crippen LogP contribution in [0.25, 0.3) is 0 Å². The van der Waals surface area contributed by atoms with Crippen molar-refractivity contribution in [1.29, 1.82) is 0 Å². The van der Waals surface area contributed by atoms with Gasteiger partial charge in [0.25, 0.3) is 0 Å². The predicted octanol–water partition coefficient (Wildman–Crippen LogP) is -0.692. The van der Waals surface area contributed by atoms with E-state index in [1.54, 1.807) is 0 Å². The fourth-order valence-electron chi connectivity index (χ4n) is 2.80. The van der Waals surface area contributed by atoms with Crippen molar-refractivity contribution in [2.45, 2.75) is 77.6 Å². The summed E-state index contributed by atoms with van der Waals surface area (Å²) in [4.78, 5) is 14.7. The largest absolute Gasteiger partial charge is 1.00 e. The van der Waals surface area contributed by atoms with E-state index in [0.717, 1.165) is 19.3 Å². The van der Waals surface area contributed by atoms with Crippen molar-refractivity contribution in [3.05, 3.63) is 0 Å². The van der Waals surface area contributed by atoms with Gasteiger partial charge in [-0.05, 0) is 18.7 Å². The molecule has 0 amide bonds. The number of aliphatic carboxylic acids is 1. The minimum atomic E-state index is -1.04. The van der Waals surface area contributed by atoms with Crippen LogP contribution in [0.4, 0.5) is 0 Å². The molecule has 0 aromatic carbocycles. The van der Waals surface area contributed by atoms with Crippen LogP contribution in [0.3, 0.4) is 0 Å². The van der Waals surface area contributed by atoms with Crippen LogP contribution in [0.2, 0.25) is 0 Å². The number of carboxylic acids is 1. The Morgan fingerprint density at radius 3 is 1.88 bits per heavy atom. The van der Waals surface area contributed by atoms with Crippen molar-refractivity contribution >= 4 is 24.3 Å². The maximum atomic E-state index is 11.7. The monoisotopic (exact) mass is 400 g/mol. The molecule has 0 N–H and O–H groups in total. The van der Waals surface area contributed by atoms with Gasteiger partial charge in [-0.25, -0.2) is 0 Å². The topological polar surface area (TPSA) is 75.5 Å². The van der Waals surface area contributed by atoms with Crippen molar-refractivity contribution in [3.8, 4) is 0 Å². The van der Waals surface area contributed by atoms with E-state index in [2.05, 4.69) is 11.9 Å². The van der Waals surface area contributed by atoms with Crippen molar-refractivity contribution in [3.63, 3.8) is 0 Å². The van der Waals surface area contributed by atoms with Gasteiger partial charge < -0.3 is 24.5 Å². The van der Waals surface area contributed by atoms with Gasteiger partial charge in [-0.2, -0.15) is 0 Å². The van der Waals surface area contributed by atoms with E-state index >= 15 is 0 Å². The van der Waals surface area contributed by atoms with E-state index in [-0.39, 0.29) is 54.4 Å². The molecular weight excluding hydrogens is 363 g/mol. The van der Waals surface area contributed by atoms with Gasteiger partial charge >= 0.3 is 29.6 Å². The summed E-state index contributed by atoms with van der Waals surface area (Å²) in [5, 5.41) is 22.3. The van der Waals surface area contributed by atoms with E-state index in [4.69, 9.17) is 0 Å². The maximum absolute atomic E-state index is 11.7. The summed E-state index contributed by atoms with van der Waals surface area (Å²) in [6.07, 6.45) is 12.5. The molecule has 26 heavy (non-hydrogen) atoms. The average Bonchev–Trinajstić information content (AvgIpc) is 2.48. The van der Waals surface area contributed by atoms with Crippen LogP contribution in [0, 0.1) is 0 Å². The predicted molar refractivity (Wildman–Crippen MR) is 103 cm³/mol. The number of halogens is 1. The Labute approximate surface area is 188 Å². The van der Waals surface area contributed by atoms with Crippen LogP contribution in [-0.2, 0) is 4.79 Å². The van der Waals surface area contributed by atoms with Gasteiger partial charge in [-0.3, -0.25) is 0 Å². The zero-order valence-electron chi connectivity index (χ0n) is 17.4. The first-order chi connectivity index (χ1) is 11.4. The molecule has 0 aliphatic carbocycles. The van der Waals surface area contributed by atoms with E-state index < -0.39 is 5.97 Å². The van der Waals surface area contributed by atoms with Gasteiger partial charge in [0.2, 0.25) is 0 Å². The smallest absolute Gasteiger partial charge is 0.862 e. The summed E-state index contributed by atoms with van der Waals surface area (Å²) < 4.78 is 0.365. The summed E-state index contributed by atoms with van der Waals surface area (Å²) in [5.74, 6) is -1.05. The average molecular weight is 401 g/mol. The molecule has 0 atom stereocenters. The number of nitrogens with zero attached hydrogens (tertiary/aromatic N) is 2. The molecule has 0 saturated carbocycles. The zero-order valence-corrected chi connectivity index (χ0v) is 20.2. The number of likely N-dealkylation sites (N-methyl/N-ethyl adjacent to an activating group) is 1. The second-order valence-electron chi connectivity index (χ2n) is 7.40. The first-order valence-electron chi connectivity index (χ1n) is 9.59. The quantitative estimate of drug-likeness (QED) is 0.113. The summed E-state index contributed by atoms with van der Waals surface area (Å²) >= 11 is 0. The number of carboxylic acid groups (broad SMARTS) is 1. The zero-order chi connectivity index (χ0) is 18.3. The van der Waals surface area contributed by atoms with Crippen molar-refractivity contribution < 1.29 is 49.0 Å². The summed E-state index contributed by atoms with van der Waals surface area (Å²) in [6, 6.07) is 0. The first-order valence-corrected chi connectivity index (χ1v) is 9.59. The third kappa shape index (κ3) is 22.2. The maximum Gasteiger partial charge on any atom is 1.00 e. The van der Waals surface area contributed by atoms with E-state index in [1.807, 2.05) is 14.1 Å². The van der Waals surface area contributed by atoms with Gasteiger partial charge in [-0.15, -0.1) is 12.4 Å². The van der Waals surface area contributed by atoms with Crippen LogP contribution in [0.1, 0.15) is 77.6 Å². The molecule has 0 unspecified atom stereocenters. The minimum absolute atomic E-state index is 0. The molecule has 150 valence electrons. The number of carbonyl (C=O) groups excluding carboxylic acids is 1. The van der Waals surface area contributed by atoms with Crippen LogP contribution < -0.4 is 39.8 Å². The normalized spacial score (nSPS) is 11.6. The molecule has 5 nitrogen and oxygen atoms in total. The van der Waals surface area contributed by atoms with Gasteiger partial charge in [0.1, 0.15) is 6.54 Å². The number of hydrogen-bond acceptors (Lipinski definition) is 4. The molecule has 0 aromatic heterocycles. The summed E-state index contributed by atoms with van der Waals surface area (Å²) in [7, 11) is 3.69. The second kappa shape index (κ2) is 19.9. The molecule has 0 aliphatic rings. The number of unbranched alkanes of at least 4 members (excludes halogenated alkanes) is 8. The second-order valence-corrected chi connectivity index (χ2v) is 7.40. The van der Waals surface area contributed by atoms with Gasteiger partial charge in [0, 0.05) is 13.0 Å². The van der Waals surface area contributed by atoms with Gasteiger partial charge in [0.15, 0.2) is 0 Å². The Morgan fingerprint density at radius 1 is 0.885 bits per heavy atom. The van der Waals surface area contributed by atoms with Crippen LogP contribution in [0.15, 0.2) is 4.99 Å². The molecule has 0 radical (unpaired) electrons. The Bertz CT molecular complexity index is 367. The molecular formula is C19H38ClN2NaO3. The first kappa shape index (κ1) is 30.9. The molecule has 0 aliphatic heterocycles. The Balaban J connectivity index is -0.00000264. The summed E-state index contributed by atoms with van der Waals surface area (Å²) in [6.45, 7) is 3.40. The number of rotatable bonds is 16. The summed E-state index contributed by atoms with van der Waals surface area (Å²) in [5.41, 5.74) is 0. The Kier molecular flexibility index (Phi) is 23.7. The van der Waals surface area contributed by atoms with Crippen molar-refractivity contribution in [2.75, 3.05) is 33.7 Å². The van der Waals surface area contributed by atoms with Gasteiger partial charge in [0.05, 0.1) is 26.6 Å². The standard InChI is InChI=1S/C19H38N2O3.ClH.Na/c1-4-5-6-7-8-9-10-11-12-14-18(22)20-15-13-16-21(2,3)17-19(23)24;;/h4-17H2,1-3H3,(H-,20,22,23,24);1H;/q;;+1/p-1. The van der Waals surface area contributed by atoms with E-state index in [1.165, 1.54) is 44.9 Å². The number of aliphatic imine (C=N–C) groups is 1. The van der Waals surface area contributed by atoms with Gasteiger partial charge in [-0.1, -0.05) is 58.3 Å². The van der Waals surface area contributed by atoms with E-state index in [0.29, 0.717) is 24.0 Å². The third-order valence-corrected chi connectivity index (χ3v) is 4.26. The van der Waals surface area contributed by atoms with Crippen LogP contribution in [0.5, 0.6) is 0 Å². The van der Waals surface area contributed by atoms with Crippen LogP contribution in [-0.4, -0.2) is 50.1 Å². The number of quaternary nitrogens is 1. The molecule has 7 heteroatoms. The molecule has 0 saturated heterocycles. The fraction of sp³-hybridized carbons (Fsp3) is 0.895. The Hall–Kier alpha value is 0.190. The SMILES string of the molecule is CCCCCCCCCCCC([O-])=NCCC[N+](C)(C)CC(=O)[O-].Cl.[Na+]. The van der Waals surface area contributed by atoms with Crippen molar-refractivity contribution in [1.82, 2.24) is 0 Å². The minimum Gasteiger partial charge on any atom is -0.862 e. The number of hydrogen-bond donors (Lipinski definition) is 0. The number of carbonyl (C=O) groups is 1. The molecule has 0 spiro atoms. The van der Waals surface area contributed by atoms with Crippen molar-refractivity contribution in [2.24, 2.45) is 4.99 Å². The van der Waals surface area contributed by atoms with E-state index in [9.17, 15) is 15.0 Å². The molecule has 0 aromatic rings. The molecule has 0 bridgehead atoms.